The normalized spacial score (nSPS) is 10.4. The molecule has 0 unspecified atom stereocenters. The first kappa shape index (κ1) is 15.8. The summed E-state index contributed by atoms with van der Waals surface area (Å²) in [6, 6.07) is 5.45. The Morgan fingerprint density at radius 1 is 1.41 bits per heavy atom. The van der Waals surface area contributed by atoms with Crippen LogP contribution in [0.25, 0.3) is 0 Å². The summed E-state index contributed by atoms with van der Waals surface area (Å²) in [5, 5.41) is 9.40. The van der Waals surface area contributed by atoms with Crippen LogP contribution in [0.4, 0.5) is 14.9 Å². The van der Waals surface area contributed by atoms with Gasteiger partial charge in [0, 0.05) is 17.3 Å². The van der Waals surface area contributed by atoms with Crippen LogP contribution in [0.2, 0.25) is 0 Å². The Morgan fingerprint density at radius 2 is 2.14 bits per heavy atom. The van der Waals surface area contributed by atoms with Gasteiger partial charge in [0.05, 0.1) is 25.0 Å². The highest BCUT2D eigenvalue weighted by molar-refractivity contribution is 5.85. The molecule has 0 fully saturated rings. The molecule has 5 nitrogen and oxygen atoms in total. The maximum Gasteiger partial charge on any atom is 0.412 e. The van der Waals surface area contributed by atoms with Crippen LogP contribution in [0.5, 0.6) is 5.75 Å². The molecule has 0 aliphatic carbocycles. The Balaban J connectivity index is 2.39. The largest absolute Gasteiger partial charge is 0.496 e. The number of nitrogens with zero attached hydrogens (tertiary/aromatic N) is 2. The smallest absolute Gasteiger partial charge is 0.412 e. The second-order valence-corrected chi connectivity index (χ2v) is 4.89. The molecule has 0 bridgehead atoms. The number of carbonyl (C=O) groups is 1. The lowest BCUT2D eigenvalue weighted by Gasteiger charge is -2.21. The minimum atomic E-state index is -1.17. The van der Waals surface area contributed by atoms with Crippen LogP contribution in [0.3, 0.4) is 0 Å². The molecular formula is C16H17FN2O3. The summed E-state index contributed by atoms with van der Waals surface area (Å²) in [6.45, 7) is 3.70. The Hall–Kier alpha value is -2.63. The van der Waals surface area contributed by atoms with Gasteiger partial charge in [0.15, 0.2) is 0 Å². The van der Waals surface area contributed by atoms with E-state index in [9.17, 15) is 14.3 Å². The Kier molecular flexibility index (Phi) is 4.60. The van der Waals surface area contributed by atoms with Gasteiger partial charge in [-0.25, -0.2) is 9.18 Å². The summed E-state index contributed by atoms with van der Waals surface area (Å²) < 4.78 is 18.6. The third kappa shape index (κ3) is 3.16. The number of hydrogen-bond acceptors (Lipinski definition) is 3. The number of ether oxygens (including phenoxy) is 1. The summed E-state index contributed by atoms with van der Waals surface area (Å²) in [4.78, 5) is 16.8. The first-order chi connectivity index (χ1) is 10.4. The lowest BCUT2D eigenvalue weighted by atomic mass is 10.1. The number of aromatic nitrogens is 1. The predicted molar refractivity (Wildman–Crippen MR) is 80.9 cm³/mol. The summed E-state index contributed by atoms with van der Waals surface area (Å²) in [5.74, 6) is 0.185. The maximum atomic E-state index is 13.3. The highest BCUT2D eigenvalue weighted by atomic mass is 19.1. The first-order valence-electron chi connectivity index (χ1n) is 6.69. The number of aryl methyl sites for hydroxylation is 1. The molecule has 1 aromatic heterocycles. The molecule has 0 saturated heterocycles. The molecule has 22 heavy (non-hydrogen) atoms. The summed E-state index contributed by atoms with van der Waals surface area (Å²) in [6.07, 6.45) is 0.457. The van der Waals surface area contributed by atoms with Gasteiger partial charge in [-0.3, -0.25) is 9.88 Å². The van der Waals surface area contributed by atoms with Gasteiger partial charge >= 0.3 is 6.09 Å². The molecule has 6 heteroatoms. The van der Waals surface area contributed by atoms with Crippen molar-refractivity contribution in [2.45, 2.75) is 20.4 Å². The Labute approximate surface area is 128 Å². The van der Waals surface area contributed by atoms with Crippen LogP contribution in [0.1, 0.15) is 16.8 Å². The summed E-state index contributed by atoms with van der Waals surface area (Å²) >= 11 is 0. The van der Waals surface area contributed by atoms with E-state index in [4.69, 9.17) is 4.74 Å². The SMILES string of the molecule is COc1c(C)cnc(CN(C(=O)O)c2cccc(F)c2)c1C. The summed E-state index contributed by atoms with van der Waals surface area (Å²) in [5.41, 5.74) is 2.46. The highest BCUT2D eigenvalue weighted by Gasteiger charge is 2.19. The minimum Gasteiger partial charge on any atom is -0.496 e. The van der Waals surface area contributed by atoms with Crippen LogP contribution in [-0.4, -0.2) is 23.3 Å². The van der Waals surface area contributed by atoms with Gasteiger partial charge in [0.2, 0.25) is 0 Å². The highest BCUT2D eigenvalue weighted by Crippen LogP contribution is 2.26. The molecule has 0 atom stereocenters. The second-order valence-electron chi connectivity index (χ2n) is 4.89. The first-order valence-corrected chi connectivity index (χ1v) is 6.69. The molecule has 2 aromatic rings. The number of amides is 1. The molecule has 1 N–H and O–H groups in total. The average molecular weight is 304 g/mol. The number of halogens is 1. The maximum absolute atomic E-state index is 13.3. The van der Waals surface area contributed by atoms with E-state index in [1.165, 1.54) is 24.3 Å². The zero-order chi connectivity index (χ0) is 16.3. The molecular weight excluding hydrogens is 287 g/mol. The van der Waals surface area contributed by atoms with Crippen molar-refractivity contribution in [2.75, 3.05) is 12.0 Å². The van der Waals surface area contributed by atoms with E-state index in [-0.39, 0.29) is 12.2 Å². The van der Waals surface area contributed by atoms with Crippen LogP contribution >= 0.6 is 0 Å². The van der Waals surface area contributed by atoms with Crippen LogP contribution in [-0.2, 0) is 6.54 Å². The van der Waals surface area contributed by atoms with Gasteiger partial charge in [-0.1, -0.05) is 6.07 Å². The Morgan fingerprint density at radius 3 is 2.73 bits per heavy atom. The quantitative estimate of drug-likeness (QED) is 0.938. The van der Waals surface area contributed by atoms with E-state index in [1.807, 2.05) is 13.8 Å². The van der Waals surface area contributed by atoms with Crippen LogP contribution in [0, 0.1) is 19.7 Å². The van der Waals surface area contributed by atoms with Gasteiger partial charge < -0.3 is 9.84 Å². The number of benzene rings is 1. The lowest BCUT2D eigenvalue weighted by Crippen LogP contribution is -2.29. The third-order valence-corrected chi connectivity index (χ3v) is 3.41. The second kappa shape index (κ2) is 6.43. The van der Waals surface area contributed by atoms with Crippen molar-refractivity contribution >= 4 is 11.8 Å². The molecule has 1 amide bonds. The van der Waals surface area contributed by atoms with E-state index in [2.05, 4.69) is 4.98 Å². The lowest BCUT2D eigenvalue weighted by molar-refractivity contribution is 0.201. The average Bonchev–Trinajstić information content (AvgIpc) is 2.46. The number of methoxy groups -OCH3 is 1. The van der Waals surface area contributed by atoms with Crippen LogP contribution < -0.4 is 9.64 Å². The minimum absolute atomic E-state index is 0.0151. The van der Waals surface area contributed by atoms with E-state index < -0.39 is 11.9 Å². The van der Waals surface area contributed by atoms with Crippen molar-refractivity contribution < 1.29 is 19.0 Å². The molecule has 0 aliphatic rings. The molecule has 0 spiro atoms. The van der Waals surface area contributed by atoms with Crippen molar-refractivity contribution in [1.29, 1.82) is 0 Å². The van der Waals surface area contributed by atoms with Crippen LogP contribution in [0.15, 0.2) is 30.5 Å². The Bertz CT molecular complexity index is 704. The van der Waals surface area contributed by atoms with Gasteiger partial charge in [-0.05, 0) is 32.0 Å². The number of rotatable bonds is 4. The van der Waals surface area contributed by atoms with Crippen molar-refractivity contribution in [3.05, 3.63) is 53.1 Å². The zero-order valence-electron chi connectivity index (χ0n) is 12.6. The number of anilines is 1. The monoisotopic (exact) mass is 304 g/mol. The van der Waals surface area contributed by atoms with Crippen molar-refractivity contribution in [3.63, 3.8) is 0 Å². The van der Waals surface area contributed by atoms with Crippen molar-refractivity contribution in [1.82, 2.24) is 4.98 Å². The molecule has 0 saturated carbocycles. The number of carboxylic acid groups (broad SMARTS) is 1. The predicted octanol–water partition coefficient (Wildman–Crippen LogP) is 3.53. The van der Waals surface area contributed by atoms with Gasteiger partial charge in [0.1, 0.15) is 11.6 Å². The van der Waals surface area contributed by atoms with E-state index in [1.54, 1.807) is 13.3 Å². The summed E-state index contributed by atoms with van der Waals surface area (Å²) in [7, 11) is 1.56. The van der Waals surface area contributed by atoms with E-state index >= 15 is 0 Å². The number of pyridine rings is 1. The van der Waals surface area contributed by atoms with Gasteiger partial charge in [-0.2, -0.15) is 0 Å². The molecule has 2 rings (SSSR count). The molecule has 0 radical (unpaired) electrons. The third-order valence-electron chi connectivity index (χ3n) is 3.41. The topological polar surface area (TPSA) is 62.7 Å². The molecule has 0 aliphatic heterocycles. The fraction of sp³-hybridized carbons (Fsp3) is 0.250. The molecule has 1 heterocycles. The van der Waals surface area contributed by atoms with Crippen molar-refractivity contribution in [3.8, 4) is 5.75 Å². The standard InChI is InChI=1S/C16H17FN2O3/c1-10-8-18-14(11(2)15(10)22-3)9-19(16(20)21)13-6-4-5-12(17)7-13/h4-8H,9H2,1-3H3,(H,20,21). The van der Waals surface area contributed by atoms with Gasteiger partial charge in [-0.15, -0.1) is 0 Å². The molecule has 116 valence electrons. The van der Waals surface area contributed by atoms with Crippen molar-refractivity contribution in [2.24, 2.45) is 0 Å². The fourth-order valence-corrected chi connectivity index (χ4v) is 2.29. The number of hydrogen-bond donors (Lipinski definition) is 1. The molecule has 1 aromatic carbocycles. The fourth-order valence-electron chi connectivity index (χ4n) is 2.29. The van der Waals surface area contributed by atoms with E-state index in [0.29, 0.717) is 11.4 Å². The van der Waals surface area contributed by atoms with Gasteiger partial charge in [0.25, 0.3) is 0 Å². The van der Waals surface area contributed by atoms with E-state index in [0.717, 1.165) is 16.0 Å². The zero-order valence-corrected chi connectivity index (χ0v) is 12.6.